The van der Waals surface area contributed by atoms with Gasteiger partial charge in [-0.2, -0.15) is 5.10 Å². The molecular weight excluding hydrogens is 252 g/mol. The second kappa shape index (κ2) is 4.69. The van der Waals surface area contributed by atoms with Crippen LogP contribution in [0.4, 0.5) is 0 Å². The van der Waals surface area contributed by atoms with E-state index in [0.717, 1.165) is 0 Å². The van der Waals surface area contributed by atoms with Gasteiger partial charge in [-0.05, 0) is 31.2 Å². The number of hydrogen-bond donors (Lipinski definition) is 0. The average Bonchev–Trinajstić information content (AvgIpc) is 2.39. The van der Waals surface area contributed by atoms with Gasteiger partial charge < -0.3 is 0 Å². The third kappa shape index (κ3) is 2.44. The molecule has 2 unspecified atom stereocenters. The second-order valence-electron chi connectivity index (χ2n) is 4.60. The standard InChI is InChI=1S/C12H19BrN2/c1-9-11(8-15(2)14-9)10-6-4-3-5-7-12(10)13/h8,10,12H,3-7H2,1-2H3. The normalized spacial score (nSPS) is 27.7. The van der Waals surface area contributed by atoms with Crippen molar-refractivity contribution in [3.05, 3.63) is 17.5 Å². The number of rotatable bonds is 1. The highest BCUT2D eigenvalue weighted by molar-refractivity contribution is 9.09. The maximum Gasteiger partial charge on any atom is 0.0628 e. The zero-order chi connectivity index (χ0) is 10.8. The van der Waals surface area contributed by atoms with E-state index in [1.54, 1.807) is 0 Å². The number of alkyl halides is 1. The molecule has 1 aromatic heterocycles. The van der Waals surface area contributed by atoms with E-state index >= 15 is 0 Å². The predicted molar refractivity (Wildman–Crippen MR) is 66.5 cm³/mol. The van der Waals surface area contributed by atoms with Gasteiger partial charge in [-0.15, -0.1) is 0 Å². The Morgan fingerprint density at radius 3 is 2.73 bits per heavy atom. The highest BCUT2D eigenvalue weighted by Gasteiger charge is 2.25. The van der Waals surface area contributed by atoms with Crippen molar-refractivity contribution in [2.24, 2.45) is 7.05 Å². The van der Waals surface area contributed by atoms with E-state index in [9.17, 15) is 0 Å². The van der Waals surface area contributed by atoms with Crippen LogP contribution in [0.3, 0.4) is 0 Å². The average molecular weight is 271 g/mol. The predicted octanol–water partition coefficient (Wildman–Crippen LogP) is 3.54. The Balaban J connectivity index is 2.23. The van der Waals surface area contributed by atoms with Gasteiger partial charge in [0.25, 0.3) is 0 Å². The van der Waals surface area contributed by atoms with Crippen molar-refractivity contribution < 1.29 is 0 Å². The highest BCUT2D eigenvalue weighted by atomic mass is 79.9. The Labute approximate surface area is 100 Å². The summed E-state index contributed by atoms with van der Waals surface area (Å²) in [6.07, 6.45) is 8.92. The molecule has 1 heterocycles. The maximum atomic E-state index is 4.45. The fourth-order valence-electron chi connectivity index (χ4n) is 2.59. The molecule has 84 valence electrons. The first-order chi connectivity index (χ1) is 7.18. The smallest absolute Gasteiger partial charge is 0.0628 e. The van der Waals surface area contributed by atoms with Crippen molar-refractivity contribution >= 4 is 15.9 Å². The summed E-state index contributed by atoms with van der Waals surface area (Å²) in [5, 5.41) is 4.45. The molecule has 0 aliphatic heterocycles. The van der Waals surface area contributed by atoms with Crippen LogP contribution in [0.15, 0.2) is 6.20 Å². The largest absolute Gasteiger partial charge is 0.275 e. The molecule has 0 N–H and O–H groups in total. The monoisotopic (exact) mass is 270 g/mol. The minimum absolute atomic E-state index is 0.642. The van der Waals surface area contributed by atoms with Gasteiger partial charge in [0.15, 0.2) is 0 Å². The highest BCUT2D eigenvalue weighted by Crippen LogP contribution is 2.37. The Kier molecular flexibility index (Phi) is 3.49. The lowest BCUT2D eigenvalue weighted by Crippen LogP contribution is -2.11. The molecule has 0 spiro atoms. The summed E-state index contributed by atoms with van der Waals surface area (Å²) >= 11 is 3.85. The third-order valence-electron chi connectivity index (χ3n) is 3.38. The molecule has 15 heavy (non-hydrogen) atoms. The number of hydrogen-bond acceptors (Lipinski definition) is 1. The summed E-state index contributed by atoms with van der Waals surface area (Å²) in [4.78, 5) is 0.642. The molecule has 1 aliphatic rings. The molecule has 3 heteroatoms. The molecule has 0 amide bonds. The van der Waals surface area contributed by atoms with Crippen LogP contribution in [0.25, 0.3) is 0 Å². The SMILES string of the molecule is Cc1nn(C)cc1C1CCCCCC1Br. The van der Waals surface area contributed by atoms with Gasteiger partial charge in [0, 0.05) is 18.1 Å². The Morgan fingerprint density at radius 2 is 2.07 bits per heavy atom. The molecule has 1 saturated carbocycles. The molecule has 1 aliphatic carbocycles. The zero-order valence-corrected chi connectivity index (χ0v) is 11.1. The first-order valence-corrected chi connectivity index (χ1v) is 6.74. The minimum Gasteiger partial charge on any atom is -0.275 e. The van der Waals surface area contributed by atoms with Crippen molar-refractivity contribution in [1.82, 2.24) is 9.78 Å². The van der Waals surface area contributed by atoms with Crippen LogP contribution in [0.1, 0.15) is 49.3 Å². The zero-order valence-electron chi connectivity index (χ0n) is 9.54. The summed E-state index contributed by atoms with van der Waals surface area (Å²) in [6, 6.07) is 0. The summed E-state index contributed by atoms with van der Waals surface area (Å²) in [5.41, 5.74) is 2.65. The number of aryl methyl sites for hydroxylation is 2. The summed E-state index contributed by atoms with van der Waals surface area (Å²) in [5.74, 6) is 0.668. The molecule has 2 nitrogen and oxygen atoms in total. The summed E-state index contributed by atoms with van der Waals surface area (Å²) in [7, 11) is 2.01. The Hall–Kier alpha value is -0.310. The van der Waals surface area contributed by atoms with Crippen molar-refractivity contribution in [3.8, 4) is 0 Å². The van der Waals surface area contributed by atoms with E-state index in [0.29, 0.717) is 10.7 Å². The Morgan fingerprint density at radius 1 is 1.33 bits per heavy atom. The van der Waals surface area contributed by atoms with Crippen molar-refractivity contribution in [1.29, 1.82) is 0 Å². The quantitative estimate of drug-likeness (QED) is 0.564. The summed E-state index contributed by atoms with van der Waals surface area (Å²) in [6.45, 7) is 2.12. The molecule has 2 rings (SSSR count). The van der Waals surface area contributed by atoms with Crippen LogP contribution in [-0.4, -0.2) is 14.6 Å². The topological polar surface area (TPSA) is 17.8 Å². The van der Waals surface area contributed by atoms with E-state index in [4.69, 9.17) is 0 Å². The van der Waals surface area contributed by atoms with E-state index in [1.807, 2.05) is 11.7 Å². The lowest BCUT2D eigenvalue weighted by Gasteiger charge is -2.19. The first kappa shape index (κ1) is 11.2. The molecule has 0 radical (unpaired) electrons. The van der Waals surface area contributed by atoms with E-state index in [-0.39, 0.29) is 0 Å². The third-order valence-corrected chi connectivity index (χ3v) is 4.48. The van der Waals surface area contributed by atoms with Crippen LogP contribution in [0, 0.1) is 6.92 Å². The molecule has 0 saturated heterocycles. The van der Waals surface area contributed by atoms with Crippen molar-refractivity contribution in [2.75, 3.05) is 0 Å². The van der Waals surface area contributed by atoms with Crippen LogP contribution in [0.2, 0.25) is 0 Å². The number of nitrogens with zero attached hydrogens (tertiary/aromatic N) is 2. The van der Waals surface area contributed by atoms with Crippen LogP contribution in [0.5, 0.6) is 0 Å². The molecular formula is C12H19BrN2. The molecule has 0 aromatic carbocycles. The van der Waals surface area contributed by atoms with E-state index in [2.05, 4.69) is 34.1 Å². The Bertz CT molecular complexity index is 332. The van der Waals surface area contributed by atoms with Gasteiger partial charge in [-0.25, -0.2) is 0 Å². The van der Waals surface area contributed by atoms with E-state index < -0.39 is 0 Å². The van der Waals surface area contributed by atoms with Gasteiger partial charge in [-0.1, -0.05) is 35.2 Å². The van der Waals surface area contributed by atoms with E-state index in [1.165, 1.54) is 43.4 Å². The lowest BCUT2D eigenvalue weighted by molar-refractivity contribution is 0.609. The fraction of sp³-hybridized carbons (Fsp3) is 0.750. The number of halogens is 1. The van der Waals surface area contributed by atoms with Crippen molar-refractivity contribution in [3.63, 3.8) is 0 Å². The minimum atomic E-state index is 0.642. The molecule has 0 bridgehead atoms. The maximum absolute atomic E-state index is 4.45. The van der Waals surface area contributed by atoms with Gasteiger partial charge >= 0.3 is 0 Å². The second-order valence-corrected chi connectivity index (χ2v) is 5.78. The molecule has 2 atom stereocenters. The van der Waals surface area contributed by atoms with Gasteiger partial charge in [0.05, 0.1) is 5.69 Å². The fourth-order valence-corrected chi connectivity index (χ4v) is 3.47. The van der Waals surface area contributed by atoms with Crippen molar-refractivity contribution in [2.45, 2.75) is 49.8 Å². The van der Waals surface area contributed by atoms with Gasteiger partial charge in [0.2, 0.25) is 0 Å². The lowest BCUT2D eigenvalue weighted by atomic mass is 9.92. The first-order valence-electron chi connectivity index (χ1n) is 5.82. The summed E-state index contributed by atoms with van der Waals surface area (Å²) < 4.78 is 1.94. The van der Waals surface area contributed by atoms with Crippen LogP contribution >= 0.6 is 15.9 Å². The van der Waals surface area contributed by atoms with Gasteiger partial charge in [-0.3, -0.25) is 4.68 Å². The number of aromatic nitrogens is 2. The van der Waals surface area contributed by atoms with Crippen LogP contribution in [-0.2, 0) is 7.05 Å². The van der Waals surface area contributed by atoms with Crippen LogP contribution < -0.4 is 0 Å². The molecule has 1 aromatic rings. The molecule has 1 fully saturated rings. The van der Waals surface area contributed by atoms with Gasteiger partial charge in [0.1, 0.15) is 0 Å².